The number of ether oxygens (including phenoxy) is 1. The van der Waals surface area contributed by atoms with Crippen LogP contribution in [0.5, 0.6) is 5.75 Å². The van der Waals surface area contributed by atoms with Gasteiger partial charge in [-0.15, -0.1) is 0 Å². The molecule has 0 bridgehead atoms. The fraction of sp³-hybridized carbons (Fsp3) is 0.357. The minimum atomic E-state index is 0.480. The second-order valence-electron chi connectivity index (χ2n) is 9.67. The van der Waals surface area contributed by atoms with Crippen LogP contribution in [-0.2, 0) is 0 Å². The molecule has 10 nitrogen and oxygen atoms in total. The number of aryl methyl sites for hydroxylation is 2. The van der Waals surface area contributed by atoms with E-state index in [2.05, 4.69) is 65.8 Å². The molecule has 1 fully saturated rings. The molecule has 0 aliphatic carbocycles. The maximum atomic E-state index is 5.78. The van der Waals surface area contributed by atoms with Crippen molar-refractivity contribution < 1.29 is 4.74 Å². The van der Waals surface area contributed by atoms with Crippen molar-refractivity contribution in [1.29, 1.82) is 0 Å². The number of hydrogen-bond acceptors (Lipinski definition) is 11. The number of anilines is 6. The molecule has 0 unspecified atom stereocenters. The van der Waals surface area contributed by atoms with E-state index < -0.39 is 0 Å². The van der Waals surface area contributed by atoms with Crippen LogP contribution in [0.1, 0.15) is 11.1 Å². The molecular weight excluding hydrogens is 510 g/mol. The first-order chi connectivity index (χ1) is 18.9. The normalized spacial score (nSPS) is 13.9. The molecule has 2 aromatic heterocycles. The monoisotopic (exact) mass is 545 g/mol. The molecule has 39 heavy (non-hydrogen) atoms. The summed E-state index contributed by atoms with van der Waals surface area (Å²) in [5, 5.41) is 6.90. The molecule has 2 aromatic carbocycles. The fourth-order valence-electron chi connectivity index (χ4n) is 4.74. The second-order valence-corrected chi connectivity index (χ2v) is 10.6. The maximum Gasteiger partial charge on any atom is 0.229 e. The van der Waals surface area contributed by atoms with E-state index in [0.717, 1.165) is 65.6 Å². The second kappa shape index (κ2) is 11.5. The Kier molecular flexibility index (Phi) is 7.89. The SMILES string of the molecule is COc1cc(N2CCN(C)CC2)c(C)cc1Nc1ncc(C)c(Nc2ccc3nccnc3c2N(C)SC)n1. The zero-order chi connectivity index (χ0) is 27.5. The Morgan fingerprint density at radius 2 is 1.72 bits per heavy atom. The summed E-state index contributed by atoms with van der Waals surface area (Å²) in [7, 11) is 5.87. The third-order valence-corrected chi connectivity index (χ3v) is 7.77. The van der Waals surface area contributed by atoms with Crippen LogP contribution < -0.4 is 24.6 Å². The van der Waals surface area contributed by atoms with Crippen molar-refractivity contribution in [2.45, 2.75) is 13.8 Å². The summed E-state index contributed by atoms with van der Waals surface area (Å²) in [5.41, 5.74) is 7.61. The quantitative estimate of drug-likeness (QED) is 0.293. The molecule has 0 spiro atoms. The number of methoxy groups -OCH3 is 1. The Hall–Kier alpha value is -3.83. The number of nitrogens with zero attached hydrogens (tertiary/aromatic N) is 7. The molecule has 4 aromatic rings. The molecule has 0 atom stereocenters. The standard InChI is InChI=1S/C28H35N9OS/c1-18-15-22(24(38-5)16-23(18)37-13-11-35(3)12-14-37)33-28-31-17-19(2)27(34-28)32-21-8-7-20-25(30-10-9-29-20)26(21)36(4)39-6/h7-10,15-17H,11-14H2,1-6H3,(H2,31,32,33,34). The highest BCUT2D eigenvalue weighted by Crippen LogP contribution is 2.38. The summed E-state index contributed by atoms with van der Waals surface area (Å²) >= 11 is 1.60. The summed E-state index contributed by atoms with van der Waals surface area (Å²) in [4.78, 5) is 23.2. The minimum absolute atomic E-state index is 0.480. The van der Waals surface area contributed by atoms with Gasteiger partial charge in [-0.05, 0) is 44.7 Å². The van der Waals surface area contributed by atoms with Crippen LogP contribution in [-0.4, -0.2) is 78.5 Å². The van der Waals surface area contributed by atoms with E-state index in [0.29, 0.717) is 11.8 Å². The number of nitrogens with one attached hydrogen (secondary N) is 2. The maximum absolute atomic E-state index is 5.78. The van der Waals surface area contributed by atoms with Crippen molar-refractivity contribution in [2.24, 2.45) is 0 Å². The number of piperazine rings is 1. The summed E-state index contributed by atoms with van der Waals surface area (Å²) in [6, 6.07) is 8.19. The van der Waals surface area contributed by atoms with Crippen LogP contribution in [0.2, 0.25) is 0 Å². The lowest BCUT2D eigenvalue weighted by molar-refractivity contribution is 0.312. The van der Waals surface area contributed by atoms with E-state index in [-0.39, 0.29) is 0 Å². The first-order valence-corrected chi connectivity index (χ1v) is 14.1. The minimum Gasteiger partial charge on any atom is -0.494 e. The van der Waals surface area contributed by atoms with Gasteiger partial charge in [0.1, 0.15) is 17.1 Å². The molecule has 1 aliphatic rings. The van der Waals surface area contributed by atoms with Crippen LogP contribution in [0.3, 0.4) is 0 Å². The lowest BCUT2D eigenvalue weighted by atomic mass is 10.1. The predicted octanol–water partition coefficient (Wildman–Crippen LogP) is 5.00. The van der Waals surface area contributed by atoms with Crippen LogP contribution in [0.4, 0.5) is 34.5 Å². The lowest BCUT2D eigenvalue weighted by Gasteiger charge is -2.35. The van der Waals surface area contributed by atoms with Gasteiger partial charge in [0, 0.05) is 75.4 Å². The van der Waals surface area contributed by atoms with E-state index in [4.69, 9.17) is 9.72 Å². The predicted molar refractivity (Wildman–Crippen MR) is 162 cm³/mol. The van der Waals surface area contributed by atoms with Gasteiger partial charge in [0.05, 0.1) is 29.7 Å². The third-order valence-electron chi connectivity index (χ3n) is 7.04. The van der Waals surface area contributed by atoms with Gasteiger partial charge in [0.25, 0.3) is 0 Å². The van der Waals surface area contributed by atoms with Crippen LogP contribution in [0.25, 0.3) is 11.0 Å². The zero-order valence-corrected chi connectivity index (χ0v) is 24.1. The van der Waals surface area contributed by atoms with E-state index >= 15 is 0 Å². The van der Waals surface area contributed by atoms with Gasteiger partial charge < -0.3 is 29.5 Å². The third kappa shape index (κ3) is 5.64. The van der Waals surface area contributed by atoms with Crippen molar-refractivity contribution in [2.75, 3.05) is 73.5 Å². The van der Waals surface area contributed by atoms with Crippen LogP contribution in [0.15, 0.2) is 42.9 Å². The number of rotatable bonds is 8. The Labute approximate surface area is 234 Å². The van der Waals surface area contributed by atoms with Gasteiger partial charge in [0.15, 0.2) is 0 Å². The first-order valence-electron chi connectivity index (χ1n) is 12.9. The molecule has 0 amide bonds. The zero-order valence-electron chi connectivity index (χ0n) is 23.3. The number of hydrogen-bond donors (Lipinski definition) is 2. The fourth-order valence-corrected chi connectivity index (χ4v) is 5.11. The number of likely N-dealkylation sites (N-methyl/N-ethyl adjacent to an activating group) is 1. The Morgan fingerprint density at radius 1 is 0.949 bits per heavy atom. The smallest absolute Gasteiger partial charge is 0.229 e. The van der Waals surface area contributed by atoms with E-state index in [1.54, 1.807) is 31.5 Å². The Bertz CT molecular complexity index is 1470. The summed E-state index contributed by atoms with van der Waals surface area (Å²) in [6.45, 7) is 8.21. The number of fused-ring (bicyclic) bond motifs is 1. The van der Waals surface area contributed by atoms with Crippen LogP contribution in [0, 0.1) is 13.8 Å². The number of benzene rings is 2. The molecule has 3 heterocycles. The van der Waals surface area contributed by atoms with Gasteiger partial charge in [-0.2, -0.15) is 4.98 Å². The largest absolute Gasteiger partial charge is 0.494 e. The molecular formula is C28H35N9OS. The lowest BCUT2D eigenvalue weighted by Crippen LogP contribution is -2.44. The van der Waals surface area contributed by atoms with E-state index in [1.807, 2.05) is 38.6 Å². The van der Waals surface area contributed by atoms with Crippen molar-refractivity contribution in [3.05, 3.63) is 54.0 Å². The van der Waals surface area contributed by atoms with Crippen molar-refractivity contribution in [1.82, 2.24) is 24.8 Å². The topological polar surface area (TPSA) is 94.6 Å². The van der Waals surface area contributed by atoms with Crippen molar-refractivity contribution >= 4 is 57.5 Å². The molecule has 2 N–H and O–H groups in total. The summed E-state index contributed by atoms with van der Waals surface area (Å²) in [5.74, 6) is 1.94. The highest BCUT2D eigenvalue weighted by molar-refractivity contribution is 7.99. The Morgan fingerprint density at radius 3 is 2.46 bits per heavy atom. The molecule has 11 heteroatoms. The average molecular weight is 546 g/mol. The van der Waals surface area contributed by atoms with Crippen molar-refractivity contribution in [3.8, 4) is 5.75 Å². The molecule has 204 valence electrons. The highest BCUT2D eigenvalue weighted by atomic mass is 32.2. The highest BCUT2D eigenvalue weighted by Gasteiger charge is 2.19. The van der Waals surface area contributed by atoms with Gasteiger partial charge in [0.2, 0.25) is 5.95 Å². The summed E-state index contributed by atoms with van der Waals surface area (Å²) in [6.07, 6.45) is 7.26. The van der Waals surface area contributed by atoms with Gasteiger partial charge in [-0.1, -0.05) is 11.9 Å². The number of aromatic nitrogens is 4. The molecule has 1 saturated heterocycles. The van der Waals surface area contributed by atoms with Gasteiger partial charge >= 0.3 is 0 Å². The van der Waals surface area contributed by atoms with Gasteiger partial charge in [-0.25, -0.2) is 4.98 Å². The van der Waals surface area contributed by atoms with Crippen LogP contribution >= 0.6 is 11.9 Å². The van der Waals surface area contributed by atoms with Gasteiger partial charge in [-0.3, -0.25) is 9.97 Å². The summed E-state index contributed by atoms with van der Waals surface area (Å²) < 4.78 is 7.85. The molecule has 0 radical (unpaired) electrons. The van der Waals surface area contributed by atoms with E-state index in [1.165, 1.54) is 11.3 Å². The molecule has 0 saturated carbocycles. The average Bonchev–Trinajstić information content (AvgIpc) is 2.95. The first kappa shape index (κ1) is 26.8. The van der Waals surface area contributed by atoms with E-state index in [9.17, 15) is 0 Å². The molecule has 5 rings (SSSR count). The van der Waals surface area contributed by atoms with Crippen molar-refractivity contribution in [3.63, 3.8) is 0 Å². The molecule has 1 aliphatic heterocycles. The Balaban J connectivity index is 1.44.